The van der Waals surface area contributed by atoms with Gasteiger partial charge in [0.15, 0.2) is 0 Å². The minimum absolute atomic E-state index is 0.454. The van der Waals surface area contributed by atoms with Gasteiger partial charge in [-0.3, -0.25) is 0 Å². The maximum atomic E-state index is 5.42. The van der Waals surface area contributed by atoms with E-state index in [1.54, 1.807) is 6.07 Å². The van der Waals surface area contributed by atoms with Crippen molar-refractivity contribution in [3.8, 4) is 0 Å². The van der Waals surface area contributed by atoms with Gasteiger partial charge in [0.1, 0.15) is 11.6 Å². The lowest BCUT2D eigenvalue weighted by Crippen LogP contribution is -2.16. The van der Waals surface area contributed by atoms with E-state index >= 15 is 0 Å². The molecule has 0 atom stereocenters. The van der Waals surface area contributed by atoms with Crippen LogP contribution in [0.4, 0.5) is 11.6 Å². The van der Waals surface area contributed by atoms with E-state index in [0.29, 0.717) is 11.9 Å². The van der Waals surface area contributed by atoms with Crippen molar-refractivity contribution in [2.45, 2.75) is 18.9 Å². The molecular formula is C9H12N4. The molecule has 1 aliphatic carbocycles. The maximum absolute atomic E-state index is 5.42. The van der Waals surface area contributed by atoms with Crippen molar-refractivity contribution >= 4 is 11.6 Å². The van der Waals surface area contributed by atoms with Crippen LogP contribution < -0.4 is 11.1 Å². The summed E-state index contributed by atoms with van der Waals surface area (Å²) in [7, 11) is 0. The highest BCUT2D eigenvalue weighted by Crippen LogP contribution is 2.14. The number of hydrogen-bond donors (Lipinski definition) is 2. The Morgan fingerprint density at radius 1 is 1.23 bits per heavy atom. The molecule has 0 aliphatic heterocycles. The lowest BCUT2D eigenvalue weighted by atomic mass is 10.2. The first-order chi connectivity index (χ1) is 6.34. The number of aromatic nitrogens is 2. The number of rotatable bonds is 2. The molecule has 0 amide bonds. The van der Waals surface area contributed by atoms with Crippen LogP contribution in [0.15, 0.2) is 24.3 Å². The topological polar surface area (TPSA) is 63.8 Å². The van der Waals surface area contributed by atoms with Crippen LogP contribution in [-0.2, 0) is 0 Å². The quantitative estimate of drug-likeness (QED) is 0.664. The van der Waals surface area contributed by atoms with E-state index in [-0.39, 0.29) is 0 Å². The summed E-state index contributed by atoms with van der Waals surface area (Å²) in [5.74, 6) is 1.25. The fourth-order valence-electron chi connectivity index (χ4n) is 1.36. The van der Waals surface area contributed by atoms with Gasteiger partial charge >= 0.3 is 0 Å². The van der Waals surface area contributed by atoms with Crippen LogP contribution in [0.3, 0.4) is 0 Å². The minimum atomic E-state index is 0.454. The van der Waals surface area contributed by atoms with Gasteiger partial charge < -0.3 is 11.1 Å². The highest BCUT2D eigenvalue weighted by Gasteiger charge is 2.09. The Bertz CT molecular complexity index is 296. The number of nitrogens with one attached hydrogen (secondary N) is 1. The predicted octanol–water partition coefficient (Wildman–Crippen LogP) is 1.19. The summed E-state index contributed by atoms with van der Waals surface area (Å²) in [6, 6.07) is 4.07. The van der Waals surface area contributed by atoms with Gasteiger partial charge in [0.25, 0.3) is 0 Å². The van der Waals surface area contributed by atoms with Crippen molar-refractivity contribution in [3.63, 3.8) is 0 Å². The molecule has 0 bridgehead atoms. The third-order valence-corrected chi connectivity index (χ3v) is 2.05. The average molecular weight is 176 g/mol. The van der Waals surface area contributed by atoms with Crippen LogP contribution in [0.25, 0.3) is 0 Å². The summed E-state index contributed by atoms with van der Waals surface area (Å²) >= 11 is 0. The summed E-state index contributed by atoms with van der Waals surface area (Å²) in [6.45, 7) is 0. The molecule has 0 spiro atoms. The van der Waals surface area contributed by atoms with E-state index in [2.05, 4.69) is 27.7 Å². The van der Waals surface area contributed by atoms with Gasteiger partial charge in [-0.2, -0.15) is 0 Å². The van der Waals surface area contributed by atoms with E-state index in [4.69, 9.17) is 5.73 Å². The molecule has 3 N–H and O–H groups in total. The highest BCUT2D eigenvalue weighted by molar-refractivity contribution is 5.39. The molecule has 4 heteroatoms. The second-order valence-corrected chi connectivity index (χ2v) is 3.13. The van der Waals surface area contributed by atoms with E-state index in [0.717, 1.165) is 18.7 Å². The lowest BCUT2D eigenvalue weighted by molar-refractivity contribution is 0.776. The lowest BCUT2D eigenvalue weighted by Gasteiger charge is -2.11. The van der Waals surface area contributed by atoms with Gasteiger partial charge in [-0.1, -0.05) is 12.2 Å². The second-order valence-electron chi connectivity index (χ2n) is 3.13. The first kappa shape index (κ1) is 8.04. The van der Waals surface area contributed by atoms with Crippen molar-refractivity contribution < 1.29 is 0 Å². The fourth-order valence-corrected chi connectivity index (χ4v) is 1.36. The Morgan fingerprint density at radius 2 is 2.00 bits per heavy atom. The normalized spacial score (nSPS) is 16.3. The molecule has 1 aromatic heterocycles. The molecule has 2 rings (SSSR count). The van der Waals surface area contributed by atoms with Crippen molar-refractivity contribution in [2.24, 2.45) is 0 Å². The summed E-state index contributed by atoms with van der Waals surface area (Å²) in [5.41, 5.74) is 5.42. The largest absolute Gasteiger partial charge is 0.382 e. The highest BCUT2D eigenvalue weighted by atomic mass is 15.2. The van der Waals surface area contributed by atoms with Gasteiger partial charge in [0.05, 0.1) is 0 Å². The molecule has 68 valence electrons. The summed E-state index contributed by atoms with van der Waals surface area (Å²) in [5, 5.41) is 11.0. The first-order valence-corrected chi connectivity index (χ1v) is 4.35. The van der Waals surface area contributed by atoms with Crippen LogP contribution in [0, 0.1) is 0 Å². The number of nitrogens with zero attached hydrogens (tertiary/aromatic N) is 2. The molecule has 0 saturated heterocycles. The Kier molecular flexibility index (Phi) is 2.12. The van der Waals surface area contributed by atoms with Gasteiger partial charge in [-0.25, -0.2) is 0 Å². The minimum Gasteiger partial charge on any atom is -0.382 e. The Hall–Kier alpha value is -1.58. The Balaban J connectivity index is 1.97. The van der Waals surface area contributed by atoms with Crippen LogP contribution in [0.1, 0.15) is 12.8 Å². The molecule has 0 fully saturated rings. The van der Waals surface area contributed by atoms with Gasteiger partial charge in [0.2, 0.25) is 0 Å². The van der Waals surface area contributed by atoms with Crippen molar-refractivity contribution in [1.82, 2.24) is 10.2 Å². The molecule has 1 aromatic rings. The van der Waals surface area contributed by atoms with Crippen LogP contribution >= 0.6 is 0 Å². The van der Waals surface area contributed by atoms with E-state index in [1.807, 2.05) is 6.07 Å². The van der Waals surface area contributed by atoms with Gasteiger partial charge in [0, 0.05) is 6.04 Å². The molecule has 0 radical (unpaired) electrons. The molecule has 4 nitrogen and oxygen atoms in total. The molecule has 1 heterocycles. The number of nitrogen functional groups attached to an aromatic ring is 1. The Labute approximate surface area is 76.9 Å². The van der Waals surface area contributed by atoms with Crippen LogP contribution in [-0.4, -0.2) is 16.2 Å². The fraction of sp³-hybridized carbons (Fsp3) is 0.333. The smallest absolute Gasteiger partial charge is 0.149 e. The standard InChI is InChI=1S/C9H12N4/c10-8-5-6-9(13-12-8)11-7-3-1-2-4-7/h1-2,5-7H,3-4H2,(H2,10,12)(H,11,13). The zero-order chi connectivity index (χ0) is 9.10. The van der Waals surface area contributed by atoms with Crippen LogP contribution in [0.2, 0.25) is 0 Å². The Morgan fingerprint density at radius 3 is 2.62 bits per heavy atom. The van der Waals surface area contributed by atoms with Crippen molar-refractivity contribution in [3.05, 3.63) is 24.3 Å². The molecule has 1 aliphatic rings. The maximum Gasteiger partial charge on any atom is 0.149 e. The molecular weight excluding hydrogens is 164 g/mol. The number of nitrogens with two attached hydrogens (primary N) is 1. The molecule has 0 saturated carbocycles. The zero-order valence-corrected chi connectivity index (χ0v) is 7.27. The summed E-state index contributed by atoms with van der Waals surface area (Å²) in [6.07, 6.45) is 6.46. The molecule has 0 unspecified atom stereocenters. The third-order valence-electron chi connectivity index (χ3n) is 2.05. The first-order valence-electron chi connectivity index (χ1n) is 4.35. The van der Waals surface area contributed by atoms with Crippen molar-refractivity contribution in [2.75, 3.05) is 11.1 Å². The number of hydrogen-bond acceptors (Lipinski definition) is 4. The molecule has 13 heavy (non-hydrogen) atoms. The summed E-state index contributed by atoms with van der Waals surface area (Å²) < 4.78 is 0. The van der Waals surface area contributed by atoms with Gasteiger partial charge in [-0.05, 0) is 25.0 Å². The van der Waals surface area contributed by atoms with E-state index in [9.17, 15) is 0 Å². The van der Waals surface area contributed by atoms with E-state index in [1.165, 1.54) is 0 Å². The number of anilines is 2. The summed E-state index contributed by atoms with van der Waals surface area (Å²) in [4.78, 5) is 0. The predicted molar refractivity (Wildman–Crippen MR) is 52.2 cm³/mol. The second kappa shape index (κ2) is 3.43. The van der Waals surface area contributed by atoms with Crippen LogP contribution in [0.5, 0.6) is 0 Å². The van der Waals surface area contributed by atoms with Crippen molar-refractivity contribution in [1.29, 1.82) is 0 Å². The third kappa shape index (κ3) is 1.96. The zero-order valence-electron chi connectivity index (χ0n) is 7.27. The average Bonchev–Trinajstić information content (AvgIpc) is 2.62. The molecule has 0 aromatic carbocycles. The SMILES string of the molecule is Nc1ccc(NC2CC=CC2)nn1. The van der Waals surface area contributed by atoms with Gasteiger partial charge in [-0.15, -0.1) is 10.2 Å². The van der Waals surface area contributed by atoms with E-state index < -0.39 is 0 Å². The monoisotopic (exact) mass is 176 g/mol.